The molecule has 1 saturated heterocycles. The Hall–Kier alpha value is -3.29. The molecule has 0 amide bonds. The topological polar surface area (TPSA) is 77.9 Å². The summed E-state index contributed by atoms with van der Waals surface area (Å²) < 4.78 is 11.5. The van der Waals surface area contributed by atoms with E-state index >= 15 is 0 Å². The molecule has 0 radical (unpaired) electrons. The molecule has 6 rings (SSSR count). The number of furan rings is 1. The van der Waals surface area contributed by atoms with Crippen LogP contribution >= 0.6 is 0 Å². The number of nitrogens with one attached hydrogen (secondary N) is 1. The molecular formula is C25H26N4O3. The zero-order valence-electron chi connectivity index (χ0n) is 17.9. The van der Waals surface area contributed by atoms with E-state index in [4.69, 9.17) is 8.94 Å². The van der Waals surface area contributed by atoms with Gasteiger partial charge in [-0.05, 0) is 29.3 Å². The molecule has 1 fully saturated rings. The van der Waals surface area contributed by atoms with Crippen molar-refractivity contribution < 1.29 is 14.0 Å². The number of hydrogen-bond donors (Lipinski definition) is 2. The molecule has 0 spiro atoms. The van der Waals surface area contributed by atoms with Crippen LogP contribution in [0.4, 0.5) is 11.4 Å². The average molecular weight is 431 g/mol. The highest BCUT2D eigenvalue weighted by atomic mass is 16.5. The van der Waals surface area contributed by atoms with Crippen molar-refractivity contribution in [2.24, 2.45) is 0 Å². The van der Waals surface area contributed by atoms with Crippen LogP contribution in [0, 0.1) is 0 Å². The minimum atomic E-state index is 0.200. The van der Waals surface area contributed by atoms with Crippen LogP contribution in [-0.4, -0.2) is 54.5 Å². The summed E-state index contributed by atoms with van der Waals surface area (Å²) in [7, 11) is 0. The van der Waals surface area contributed by atoms with Gasteiger partial charge in [0.1, 0.15) is 11.3 Å². The summed E-state index contributed by atoms with van der Waals surface area (Å²) in [6.45, 7) is 5.18. The second-order valence-electron chi connectivity index (χ2n) is 8.48. The van der Waals surface area contributed by atoms with Crippen LogP contribution in [0.25, 0.3) is 22.2 Å². The van der Waals surface area contributed by atoms with Crippen molar-refractivity contribution in [3.8, 4) is 11.3 Å². The molecule has 3 heterocycles. The third-order valence-electron chi connectivity index (χ3n) is 6.63. The quantitative estimate of drug-likeness (QED) is 0.425. The van der Waals surface area contributed by atoms with Crippen molar-refractivity contribution in [1.82, 2.24) is 10.1 Å². The highest BCUT2D eigenvalue weighted by Gasteiger charge is 2.29. The summed E-state index contributed by atoms with van der Waals surface area (Å²) in [4.78, 5) is 4.68. The third-order valence-corrected chi connectivity index (χ3v) is 6.63. The van der Waals surface area contributed by atoms with Gasteiger partial charge < -0.3 is 24.3 Å². The van der Waals surface area contributed by atoms with Crippen LogP contribution in [0.15, 0.2) is 57.7 Å². The molecule has 2 N–H and O–H groups in total. The molecule has 1 aliphatic carbocycles. The molecule has 2 aromatic heterocycles. The molecule has 1 aliphatic heterocycles. The number of nitrogens with zero attached hydrogens (tertiary/aromatic N) is 3. The Labute approximate surface area is 186 Å². The van der Waals surface area contributed by atoms with Crippen molar-refractivity contribution in [1.29, 1.82) is 0 Å². The van der Waals surface area contributed by atoms with Gasteiger partial charge in [-0.1, -0.05) is 29.4 Å². The van der Waals surface area contributed by atoms with Gasteiger partial charge in [-0.15, -0.1) is 0 Å². The maximum atomic E-state index is 9.27. The number of aromatic nitrogens is 1. The molecule has 0 saturated carbocycles. The van der Waals surface area contributed by atoms with Crippen LogP contribution in [-0.2, 0) is 13.0 Å². The summed E-state index contributed by atoms with van der Waals surface area (Å²) in [6, 6.07) is 14.5. The zero-order valence-corrected chi connectivity index (χ0v) is 17.9. The summed E-state index contributed by atoms with van der Waals surface area (Å²) in [5, 5.41) is 18.6. The van der Waals surface area contributed by atoms with E-state index < -0.39 is 0 Å². The molecule has 2 aromatic carbocycles. The van der Waals surface area contributed by atoms with Crippen molar-refractivity contribution in [2.75, 3.05) is 49.5 Å². The highest BCUT2D eigenvalue weighted by Crippen LogP contribution is 2.46. The van der Waals surface area contributed by atoms with Crippen LogP contribution in [0.2, 0.25) is 0 Å². The van der Waals surface area contributed by atoms with Gasteiger partial charge in [0.25, 0.3) is 0 Å². The third kappa shape index (κ3) is 3.25. The van der Waals surface area contributed by atoms with Gasteiger partial charge in [-0.25, -0.2) is 0 Å². The predicted octanol–water partition coefficient (Wildman–Crippen LogP) is 3.72. The first-order chi connectivity index (χ1) is 15.8. The number of aliphatic hydroxyl groups is 1. The fourth-order valence-electron chi connectivity index (χ4n) is 4.97. The van der Waals surface area contributed by atoms with Crippen LogP contribution in [0.5, 0.6) is 0 Å². The number of aliphatic hydroxyl groups excluding tert-OH is 1. The lowest BCUT2D eigenvalue weighted by Crippen LogP contribution is -2.47. The van der Waals surface area contributed by atoms with Crippen LogP contribution in [0.1, 0.15) is 16.9 Å². The molecule has 0 unspecified atom stereocenters. The van der Waals surface area contributed by atoms with E-state index in [1.165, 1.54) is 11.1 Å². The Balaban J connectivity index is 1.43. The summed E-state index contributed by atoms with van der Waals surface area (Å²) in [6.07, 6.45) is 2.54. The minimum absolute atomic E-state index is 0.200. The van der Waals surface area contributed by atoms with E-state index in [1.54, 1.807) is 6.26 Å². The Morgan fingerprint density at radius 2 is 1.94 bits per heavy atom. The fraction of sp³-hybridized carbons (Fsp3) is 0.320. The van der Waals surface area contributed by atoms with Gasteiger partial charge in [0.2, 0.25) is 0 Å². The number of rotatable bonds is 6. The minimum Gasteiger partial charge on any atom is -0.467 e. The lowest BCUT2D eigenvalue weighted by atomic mass is 9.87. The van der Waals surface area contributed by atoms with Gasteiger partial charge in [0, 0.05) is 50.4 Å². The molecular weight excluding hydrogens is 404 g/mol. The second kappa shape index (κ2) is 8.00. The first-order valence-corrected chi connectivity index (χ1v) is 11.2. The number of anilines is 2. The lowest BCUT2D eigenvalue weighted by Gasteiger charge is -2.36. The van der Waals surface area contributed by atoms with Crippen molar-refractivity contribution in [3.05, 3.63) is 65.6 Å². The Morgan fingerprint density at radius 3 is 2.75 bits per heavy atom. The predicted molar refractivity (Wildman–Crippen MR) is 124 cm³/mol. The Kier molecular flexibility index (Phi) is 4.85. The fourth-order valence-corrected chi connectivity index (χ4v) is 4.97. The van der Waals surface area contributed by atoms with Crippen molar-refractivity contribution in [3.63, 3.8) is 0 Å². The van der Waals surface area contributed by atoms with E-state index in [0.29, 0.717) is 6.54 Å². The Bertz CT molecular complexity index is 1240. The van der Waals surface area contributed by atoms with E-state index in [9.17, 15) is 5.11 Å². The monoisotopic (exact) mass is 430 g/mol. The molecule has 0 atom stereocenters. The first-order valence-electron chi connectivity index (χ1n) is 11.2. The smallest absolute Gasteiger partial charge is 0.175 e. The molecule has 0 bridgehead atoms. The highest BCUT2D eigenvalue weighted by molar-refractivity contribution is 6.06. The molecule has 7 heteroatoms. The number of benzene rings is 2. The normalized spacial score (nSPS) is 15.8. The van der Waals surface area contributed by atoms with E-state index in [1.807, 2.05) is 12.1 Å². The van der Waals surface area contributed by atoms with Gasteiger partial charge in [0.15, 0.2) is 5.76 Å². The van der Waals surface area contributed by atoms with E-state index in [2.05, 4.69) is 50.6 Å². The summed E-state index contributed by atoms with van der Waals surface area (Å²) in [5.41, 5.74) is 6.74. The standard InChI is InChI=1S/C25H26N4O3/c30-12-11-28-7-9-29(10-8-28)22-15-21(26-16-18-5-3-13-31-18)20-14-17-4-1-2-6-19(17)25-23(20)24(22)27-32-25/h1-6,13,15,26,30H,7-12,14,16H2. The van der Waals surface area contributed by atoms with Crippen LogP contribution in [0.3, 0.4) is 0 Å². The molecule has 4 aromatic rings. The summed E-state index contributed by atoms with van der Waals surface area (Å²) >= 11 is 0. The first kappa shape index (κ1) is 19.4. The maximum absolute atomic E-state index is 9.27. The average Bonchev–Trinajstić information content (AvgIpc) is 3.51. The SMILES string of the molecule is OCCN1CCN(c2cc(NCc3ccco3)c3c4c(onc24)-c2ccccc2C3)CC1. The molecule has 7 nitrogen and oxygen atoms in total. The lowest BCUT2D eigenvalue weighted by molar-refractivity contribution is 0.189. The zero-order chi connectivity index (χ0) is 21.5. The largest absolute Gasteiger partial charge is 0.467 e. The summed E-state index contributed by atoms with van der Waals surface area (Å²) in [5.74, 6) is 1.76. The number of hydrogen-bond acceptors (Lipinski definition) is 7. The molecule has 164 valence electrons. The van der Waals surface area contributed by atoms with Crippen molar-refractivity contribution in [2.45, 2.75) is 13.0 Å². The second-order valence-corrected chi connectivity index (χ2v) is 8.48. The number of fused-ring (bicyclic) bond motifs is 2. The molecule has 32 heavy (non-hydrogen) atoms. The van der Waals surface area contributed by atoms with Crippen molar-refractivity contribution >= 4 is 22.3 Å². The number of β-amino-alcohol motifs (C(OH)–C–C–N with tert-alkyl or cyclic N) is 1. The van der Waals surface area contributed by atoms with E-state index in [-0.39, 0.29) is 6.61 Å². The van der Waals surface area contributed by atoms with E-state index in [0.717, 1.165) is 78.5 Å². The maximum Gasteiger partial charge on any atom is 0.175 e. The van der Waals surface area contributed by atoms with Gasteiger partial charge in [0.05, 0.1) is 30.5 Å². The Morgan fingerprint density at radius 1 is 1.06 bits per heavy atom. The van der Waals surface area contributed by atoms with Gasteiger partial charge >= 0.3 is 0 Å². The van der Waals surface area contributed by atoms with Gasteiger partial charge in [-0.3, -0.25) is 4.90 Å². The van der Waals surface area contributed by atoms with Crippen LogP contribution < -0.4 is 10.2 Å². The molecule has 2 aliphatic rings. The number of piperazine rings is 1. The van der Waals surface area contributed by atoms with Gasteiger partial charge in [-0.2, -0.15) is 0 Å².